The third-order valence-corrected chi connectivity index (χ3v) is 3.70. The predicted molar refractivity (Wildman–Crippen MR) is 92.8 cm³/mol. The molecular weight excluding hydrogens is 360 g/mol. The highest BCUT2D eigenvalue weighted by Gasteiger charge is 2.15. The van der Waals surface area contributed by atoms with Crippen molar-refractivity contribution in [3.05, 3.63) is 58.1 Å². The van der Waals surface area contributed by atoms with Gasteiger partial charge in [-0.1, -0.05) is 18.2 Å². The number of carbonyl (C=O) groups is 1. The molecule has 2 aromatic rings. The van der Waals surface area contributed by atoms with Gasteiger partial charge in [-0.3, -0.25) is 4.79 Å². The summed E-state index contributed by atoms with van der Waals surface area (Å²) in [7, 11) is 0. The standard InChI is InChI=1S/C17H17BrN2O3/c1-11-7-8-16(14(18)9-11)23-12(2)17(22)20-19-10-13-5-3-4-6-15(13)21/h3-10,12,21H,1-2H3,(H,20,22)/b19-10-/t12-/m1/s1. The van der Waals surface area contributed by atoms with Crippen molar-refractivity contribution in [1.29, 1.82) is 0 Å². The molecule has 0 fully saturated rings. The van der Waals surface area contributed by atoms with Crippen LogP contribution in [0, 0.1) is 6.92 Å². The zero-order chi connectivity index (χ0) is 16.8. The van der Waals surface area contributed by atoms with Gasteiger partial charge in [-0.05, 0) is 59.6 Å². The molecule has 6 heteroatoms. The smallest absolute Gasteiger partial charge is 0.280 e. The van der Waals surface area contributed by atoms with Gasteiger partial charge in [0, 0.05) is 5.56 Å². The molecule has 5 nitrogen and oxygen atoms in total. The number of phenols is 1. The summed E-state index contributed by atoms with van der Waals surface area (Å²) in [5.41, 5.74) is 4.00. The van der Waals surface area contributed by atoms with Crippen LogP contribution in [0.4, 0.5) is 0 Å². The monoisotopic (exact) mass is 376 g/mol. The average molecular weight is 377 g/mol. The molecule has 0 aromatic heterocycles. The molecule has 0 heterocycles. The van der Waals surface area contributed by atoms with E-state index in [1.165, 1.54) is 6.21 Å². The summed E-state index contributed by atoms with van der Waals surface area (Å²) in [5, 5.41) is 13.4. The van der Waals surface area contributed by atoms with E-state index in [-0.39, 0.29) is 11.7 Å². The largest absolute Gasteiger partial charge is 0.507 e. The highest BCUT2D eigenvalue weighted by molar-refractivity contribution is 9.10. The zero-order valence-electron chi connectivity index (χ0n) is 12.8. The third kappa shape index (κ3) is 4.82. The Hall–Kier alpha value is -2.34. The first kappa shape index (κ1) is 17.0. The van der Waals surface area contributed by atoms with Gasteiger partial charge in [0.15, 0.2) is 6.10 Å². The second-order valence-corrected chi connectivity index (χ2v) is 5.84. The number of rotatable bonds is 5. The summed E-state index contributed by atoms with van der Waals surface area (Å²) in [6.45, 7) is 3.61. The Bertz CT molecular complexity index is 732. The molecule has 23 heavy (non-hydrogen) atoms. The third-order valence-electron chi connectivity index (χ3n) is 3.08. The fraction of sp³-hybridized carbons (Fsp3) is 0.176. The number of carbonyl (C=O) groups excluding carboxylic acids is 1. The van der Waals surface area contributed by atoms with Crippen molar-refractivity contribution in [3.8, 4) is 11.5 Å². The molecule has 0 saturated carbocycles. The van der Waals surface area contributed by atoms with Crippen molar-refractivity contribution in [2.24, 2.45) is 5.10 Å². The van der Waals surface area contributed by atoms with Gasteiger partial charge in [0.25, 0.3) is 5.91 Å². The number of nitrogens with one attached hydrogen (secondary N) is 1. The number of halogens is 1. The highest BCUT2D eigenvalue weighted by atomic mass is 79.9. The van der Waals surface area contributed by atoms with Crippen molar-refractivity contribution in [2.45, 2.75) is 20.0 Å². The normalized spacial score (nSPS) is 12.1. The van der Waals surface area contributed by atoms with Crippen LogP contribution < -0.4 is 10.2 Å². The lowest BCUT2D eigenvalue weighted by atomic mass is 10.2. The minimum Gasteiger partial charge on any atom is -0.507 e. The van der Waals surface area contributed by atoms with Gasteiger partial charge in [-0.15, -0.1) is 0 Å². The molecule has 0 unspecified atom stereocenters. The lowest BCUT2D eigenvalue weighted by Gasteiger charge is -2.14. The predicted octanol–water partition coefficient (Wildman–Crippen LogP) is 3.38. The molecule has 0 aliphatic heterocycles. The molecule has 2 aromatic carbocycles. The maximum Gasteiger partial charge on any atom is 0.280 e. The summed E-state index contributed by atoms with van der Waals surface area (Å²) in [5.74, 6) is 0.297. The van der Waals surface area contributed by atoms with E-state index >= 15 is 0 Å². The number of nitrogens with zero attached hydrogens (tertiary/aromatic N) is 1. The van der Waals surface area contributed by atoms with Crippen LogP contribution in [-0.4, -0.2) is 23.3 Å². The van der Waals surface area contributed by atoms with Crippen LogP contribution in [-0.2, 0) is 4.79 Å². The number of para-hydroxylation sites is 1. The van der Waals surface area contributed by atoms with Crippen molar-refractivity contribution in [3.63, 3.8) is 0 Å². The van der Waals surface area contributed by atoms with Crippen molar-refractivity contribution < 1.29 is 14.6 Å². The van der Waals surface area contributed by atoms with Gasteiger partial charge in [-0.25, -0.2) is 5.43 Å². The molecular formula is C17H17BrN2O3. The molecule has 0 bridgehead atoms. The van der Waals surface area contributed by atoms with Gasteiger partial charge in [0.2, 0.25) is 0 Å². The summed E-state index contributed by atoms with van der Waals surface area (Å²) >= 11 is 3.40. The Morgan fingerprint density at radius 1 is 1.35 bits per heavy atom. The summed E-state index contributed by atoms with van der Waals surface area (Å²) in [4.78, 5) is 12.0. The number of hydrogen-bond donors (Lipinski definition) is 2. The van der Waals surface area contributed by atoms with Crippen LogP contribution in [0.1, 0.15) is 18.1 Å². The van der Waals surface area contributed by atoms with E-state index < -0.39 is 6.10 Å². The first-order valence-electron chi connectivity index (χ1n) is 7.01. The van der Waals surface area contributed by atoms with Crippen LogP contribution in [0.15, 0.2) is 52.0 Å². The number of ether oxygens (including phenoxy) is 1. The number of amides is 1. The Kier molecular flexibility index (Phi) is 5.76. The second kappa shape index (κ2) is 7.78. The number of aromatic hydroxyl groups is 1. The maximum absolute atomic E-state index is 12.0. The van der Waals surface area contributed by atoms with Gasteiger partial charge in [-0.2, -0.15) is 5.10 Å². The maximum atomic E-state index is 12.0. The van der Waals surface area contributed by atoms with E-state index in [0.29, 0.717) is 11.3 Å². The van der Waals surface area contributed by atoms with Crippen LogP contribution in [0.2, 0.25) is 0 Å². The fourth-order valence-corrected chi connectivity index (χ4v) is 2.39. The van der Waals surface area contributed by atoms with E-state index in [2.05, 4.69) is 26.5 Å². The quantitative estimate of drug-likeness (QED) is 0.620. The van der Waals surface area contributed by atoms with Crippen molar-refractivity contribution in [2.75, 3.05) is 0 Å². The second-order valence-electron chi connectivity index (χ2n) is 4.99. The Morgan fingerprint density at radius 2 is 2.09 bits per heavy atom. The molecule has 120 valence electrons. The zero-order valence-corrected chi connectivity index (χ0v) is 14.4. The van der Waals surface area contributed by atoms with Crippen LogP contribution in [0.5, 0.6) is 11.5 Å². The van der Waals surface area contributed by atoms with E-state index in [0.717, 1.165) is 10.0 Å². The average Bonchev–Trinajstić information content (AvgIpc) is 2.51. The molecule has 0 spiro atoms. The van der Waals surface area contributed by atoms with Gasteiger partial charge in [0.1, 0.15) is 11.5 Å². The van der Waals surface area contributed by atoms with Crippen molar-refractivity contribution in [1.82, 2.24) is 5.43 Å². The van der Waals surface area contributed by atoms with Crippen LogP contribution in [0.3, 0.4) is 0 Å². The van der Waals surface area contributed by atoms with Crippen LogP contribution in [0.25, 0.3) is 0 Å². The molecule has 1 atom stereocenters. The number of benzene rings is 2. The van der Waals surface area contributed by atoms with Gasteiger partial charge < -0.3 is 9.84 Å². The summed E-state index contributed by atoms with van der Waals surface area (Å²) in [6, 6.07) is 12.3. The van der Waals surface area contributed by atoms with Gasteiger partial charge >= 0.3 is 0 Å². The first-order chi connectivity index (χ1) is 11.0. The van der Waals surface area contributed by atoms with Crippen molar-refractivity contribution >= 4 is 28.1 Å². The van der Waals surface area contributed by atoms with E-state index in [9.17, 15) is 9.90 Å². The molecule has 0 saturated heterocycles. The van der Waals surface area contributed by atoms with E-state index in [1.807, 2.05) is 19.1 Å². The van der Waals surface area contributed by atoms with E-state index in [1.54, 1.807) is 37.3 Å². The first-order valence-corrected chi connectivity index (χ1v) is 7.80. The number of hydrogen-bond acceptors (Lipinski definition) is 4. The molecule has 0 aliphatic rings. The fourth-order valence-electron chi connectivity index (χ4n) is 1.80. The number of phenolic OH excluding ortho intramolecular Hbond substituents is 1. The lowest BCUT2D eigenvalue weighted by molar-refractivity contribution is -0.127. The Balaban J connectivity index is 1.94. The SMILES string of the molecule is Cc1ccc(O[C@H](C)C(=O)N/N=C\c2ccccc2O)c(Br)c1. The summed E-state index contributed by atoms with van der Waals surface area (Å²) < 4.78 is 6.39. The van der Waals surface area contributed by atoms with Crippen LogP contribution >= 0.6 is 15.9 Å². The Labute approximate surface area is 143 Å². The topological polar surface area (TPSA) is 70.9 Å². The molecule has 1 amide bonds. The molecule has 2 N–H and O–H groups in total. The van der Waals surface area contributed by atoms with E-state index in [4.69, 9.17) is 4.74 Å². The lowest BCUT2D eigenvalue weighted by Crippen LogP contribution is -2.33. The minimum absolute atomic E-state index is 0.0957. The molecule has 0 radical (unpaired) electrons. The summed E-state index contributed by atoms with van der Waals surface area (Å²) in [6.07, 6.45) is 0.664. The molecule has 2 rings (SSSR count). The Morgan fingerprint density at radius 3 is 2.78 bits per heavy atom. The highest BCUT2D eigenvalue weighted by Crippen LogP contribution is 2.26. The number of hydrazone groups is 1. The number of aryl methyl sites for hydroxylation is 1. The van der Waals surface area contributed by atoms with Gasteiger partial charge in [0.05, 0.1) is 10.7 Å². The molecule has 0 aliphatic carbocycles. The minimum atomic E-state index is -0.712.